The average Bonchev–Trinajstić information content (AvgIpc) is 3.29. The summed E-state index contributed by atoms with van der Waals surface area (Å²) >= 11 is 6.09. The number of nitrogens with one attached hydrogen (secondary N) is 1. The second-order valence-corrected chi connectivity index (χ2v) is 10.1. The molecule has 2 heterocycles. The zero-order valence-corrected chi connectivity index (χ0v) is 19.1. The van der Waals surface area contributed by atoms with E-state index in [0.717, 1.165) is 18.4 Å². The van der Waals surface area contributed by atoms with Gasteiger partial charge in [-0.1, -0.05) is 36.7 Å². The SMILES string of the molecule is CC1CCN(S(=O)(=O)c2ccc(-c3nnc(C(=O)NCc4ccccc4Cl)o3)cc2)CC1. The van der Waals surface area contributed by atoms with Gasteiger partial charge in [-0.25, -0.2) is 8.42 Å². The van der Waals surface area contributed by atoms with E-state index in [-0.39, 0.29) is 23.2 Å². The molecule has 1 aromatic heterocycles. The zero-order valence-electron chi connectivity index (χ0n) is 17.5. The minimum atomic E-state index is -3.54. The molecule has 1 aliphatic rings. The summed E-state index contributed by atoms with van der Waals surface area (Å²) in [5, 5.41) is 10.9. The number of halogens is 1. The lowest BCUT2D eigenvalue weighted by Gasteiger charge is -2.29. The Balaban J connectivity index is 1.43. The fraction of sp³-hybridized carbons (Fsp3) is 0.318. The first kappa shape index (κ1) is 22.4. The Bertz CT molecular complexity index is 1200. The number of piperidine rings is 1. The predicted octanol–water partition coefficient (Wildman–Crippen LogP) is 3.74. The minimum Gasteiger partial charge on any atom is -0.412 e. The summed E-state index contributed by atoms with van der Waals surface area (Å²) in [6.07, 6.45) is 1.72. The van der Waals surface area contributed by atoms with E-state index in [2.05, 4.69) is 22.4 Å². The van der Waals surface area contributed by atoms with Crippen LogP contribution in [0.3, 0.4) is 0 Å². The summed E-state index contributed by atoms with van der Waals surface area (Å²) in [6, 6.07) is 13.4. The number of sulfonamides is 1. The first-order valence-corrected chi connectivity index (χ1v) is 12.1. The Morgan fingerprint density at radius 3 is 2.50 bits per heavy atom. The normalized spacial score (nSPS) is 15.6. The molecule has 1 N–H and O–H groups in total. The molecule has 1 amide bonds. The summed E-state index contributed by atoms with van der Waals surface area (Å²) in [6.45, 7) is 3.41. The Labute approximate surface area is 191 Å². The maximum atomic E-state index is 12.9. The first-order valence-electron chi connectivity index (χ1n) is 10.3. The molecule has 10 heteroatoms. The van der Waals surface area contributed by atoms with Gasteiger partial charge in [-0.3, -0.25) is 4.79 Å². The number of rotatable bonds is 6. The van der Waals surface area contributed by atoms with E-state index in [9.17, 15) is 13.2 Å². The summed E-state index contributed by atoms with van der Waals surface area (Å²) in [7, 11) is -3.54. The fourth-order valence-corrected chi connectivity index (χ4v) is 5.14. The molecule has 0 saturated carbocycles. The van der Waals surface area contributed by atoms with Crippen LogP contribution in [0.5, 0.6) is 0 Å². The Hall–Kier alpha value is -2.75. The van der Waals surface area contributed by atoms with Crippen LogP contribution in [-0.2, 0) is 16.6 Å². The van der Waals surface area contributed by atoms with Gasteiger partial charge in [-0.2, -0.15) is 4.31 Å². The van der Waals surface area contributed by atoms with Gasteiger partial charge in [0.05, 0.1) is 4.90 Å². The molecule has 0 aliphatic carbocycles. The molecular weight excluding hydrogens is 452 g/mol. The topological polar surface area (TPSA) is 105 Å². The van der Waals surface area contributed by atoms with Crippen LogP contribution in [0, 0.1) is 5.92 Å². The standard InChI is InChI=1S/C22H23ClN4O4S/c1-15-10-12-27(13-11-15)32(29,30)18-8-6-16(7-9-18)21-25-26-22(31-21)20(28)24-14-17-4-2-3-5-19(17)23/h2-9,15H,10-14H2,1H3,(H,24,28). The number of carbonyl (C=O) groups excluding carboxylic acids is 1. The predicted molar refractivity (Wildman–Crippen MR) is 120 cm³/mol. The Morgan fingerprint density at radius 1 is 1.12 bits per heavy atom. The van der Waals surface area contributed by atoms with E-state index in [4.69, 9.17) is 16.0 Å². The summed E-state index contributed by atoms with van der Waals surface area (Å²) in [5.74, 6) is -0.0468. The highest BCUT2D eigenvalue weighted by atomic mass is 35.5. The number of amides is 1. The largest absolute Gasteiger partial charge is 0.412 e. The third-order valence-electron chi connectivity index (χ3n) is 5.50. The molecule has 3 aromatic rings. The van der Waals surface area contributed by atoms with Crippen molar-refractivity contribution in [3.8, 4) is 11.5 Å². The van der Waals surface area contributed by atoms with Crippen LogP contribution >= 0.6 is 11.6 Å². The van der Waals surface area contributed by atoms with Gasteiger partial charge in [0.1, 0.15) is 0 Å². The molecule has 8 nitrogen and oxygen atoms in total. The Morgan fingerprint density at radius 2 is 1.81 bits per heavy atom. The third-order valence-corrected chi connectivity index (χ3v) is 7.78. The monoisotopic (exact) mass is 474 g/mol. The zero-order chi connectivity index (χ0) is 22.7. The van der Waals surface area contributed by atoms with Crippen molar-refractivity contribution >= 4 is 27.5 Å². The number of benzene rings is 2. The lowest BCUT2D eigenvalue weighted by atomic mass is 10.0. The Kier molecular flexibility index (Phi) is 6.59. The molecular formula is C22H23ClN4O4S. The van der Waals surface area contributed by atoms with Crippen LogP contribution in [0.1, 0.15) is 36.0 Å². The van der Waals surface area contributed by atoms with Crippen LogP contribution in [0.25, 0.3) is 11.5 Å². The minimum absolute atomic E-state index is 0.128. The second kappa shape index (κ2) is 9.40. The van der Waals surface area contributed by atoms with Gasteiger partial charge in [0, 0.05) is 30.2 Å². The maximum absolute atomic E-state index is 12.9. The van der Waals surface area contributed by atoms with E-state index >= 15 is 0 Å². The molecule has 0 bridgehead atoms. The summed E-state index contributed by atoms with van der Waals surface area (Å²) in [5.41, 5.74) is 1.29. The van der Waals surface area contributed by atoms with E-state index in [0.29, 0.717) is 29.6 Å². The molecule has 2 aromatic carbocycles. The molecule has 1 fully saturated rings. The molecule has 0 spiro atoms. The van der Waals surface area contributed by atoms with Crippen LogP contribution in [-0.4, -0.2) is 41.9 Å². The summed E-state index contributed by atoms with van der Waals surface area (Å²) in [4.78, 5) is 12.5. The highest BCUT2D eigenvalue weighted by Crippen LogP contribution is 2.26. The number of hydrogen-bond acceptors (Lipinski definition) is 6. The van der Waals surface area contributed by atoms with Crippen molar-refractivity contribution in [1.29, 1.82) is 0 Å². The molecule has 0 radical (unpaired) electrons. The number of aromatic nitrogens is 2. The van der Waals surface area contributed by atoms with Crippen molar-refractivity contribution in [2.75, 3.05) is 13.1 Å². The fourth-order valence-electron chi connectivity index (χ4n) is 3.47. The van der Waals surface area contributed by atoms with Crippen molar-refractivity contribution in [1.82, 2.24) is 19.8 Å². The molecule has 168 valence electrons. The van der Waals surface area contributed by atoms with Gasteiger partial charge >= 0.3 is 11.8 Å². The highest BCUT2D eigenvalue weighted by Gasteiger charge is 2.28. The van der Waals surface area contributed by atoms with Gasteiger partial charge < -0.3 is 9.73 Å². The number of carbonyl (C=O) groups is 1. The van der Waals surface area contributed by atoms with E-state index in [1.165, 1.54) is 16.4 Å². The van der Waals surface area contributed by atoms with Gasteiger partial charge in [0.15, 0.2) is 0 Å². The summed E-state index contributed by atoms with van der Waals surface area (Å²) < 4.78 is 32.7. The first-order chi connectivity index (χ1) is 15.3. The van der Waals surface area contributed by atoms with Crippen LogP contribution in [0.15, 0.2) is 57.8 Å². The lowest BCUT2D eigenvalue weighted by molar-refractivity contribution is 0.0917. The van der Waals surface area contributed by atoms with Crippen LogP contribution < -0.4 is 5.32 Å². The van der Waals surface area contributed by atoms with Crippen molar-refractivity contribution in [2.45, 2.75) is 31.2 Å². The van der Waals surface area contributed by atoms with Crippen molar-refractivity contribution in [3.63, 3.8) is 0 Å². The smallest absolute Gasteiger partial charge is 0.309 e. The van der Waals surface area contributed by atoms with Gasteiger partial charge in [-0.15, -0.1) is 10.2 Å². The van der Waals surface area contributed by atoms with Gasteiger partial charge in [-0.05, 0) is 54.7 Å². The quantitative estimate of drug-likeness (QED) is 0.583. The van der Waals surface area contributed by atoms with E-state index in [1.54, 1.807) is 24.3 Å². The van der Waals surface area contributed by atoms with E-state index < -0.39 is 15.9 Å². The highest BCUT2D eigenvalue weighted by molar-refractivity contribution is 7.89. The number of nitrogens with zero attached hydrogens (tertiary/aromatic N) is 3. The molecule has 1 saturated heterocycles. The van der Waals surface area contributed by atoms with Crippen molar-refractivity contribution in [3.05, 3.63) is 65.0 Å². The number of hydrogen-bond donors (Lipinski definition) is 1. The van der Waals surface area contributed by atoms with Gasteiger partial charge in [0.25, 0.3) is 0 Å². The maximum Gasteiger partial charge on any atom is 0.309 e. The van der Waals surface area contributed by atoms with Crippen molar-refractivity contribution < 1.29 is 17.6 Å². The molecule has 0 unspecified atom stereocenters. The van der Waals surface area contributed by atoms with Crippen molar-refractivity contribution in [2.24, 2.45) is 5.92 Å². The van der Waals surface area contributed by atoms with Crippen LogP contribution in [0.4, 0.5) is 0 Å². The van der Waals surface area contributed by atoms with Crippen LogP contribution in [0.2, 0.25) is 5.02 Å². The lowest BCUT2D eigenvalue weighted by Crippen LogP contribution is -2.37. The third kappa shape index (κ3) is 4.85. The molecule has 4 rings (SSSR count). The second-order valence-electron chi connectivity index (χ2n) is 7.80. The molecule has 1 aliphatic heterocycles. The van der Waals surface area contributed by atoms with E-state index in [1.807, 2.05) is 12.1 Å². The van der Waals surface area contributed by atoms with Gasteiger partial charge in [0.2, 0.25) is 15.9 Å². The molecule has 32 heavy (non-hydrogen) atoms. The average molecular weight is 475 g/mol. The molecule has 0 atom stereocenters.